The van der Waals surface area contributed by atoms with E-state index < -0.39 is 17.1 Å². The SMILES string of the molecule is Cc1ccc2c3c1O[C@@H]1C(=O)CC[C@]4(O)[C@H](C2)N(C(=O)C2CCC2)CC[C@@]314. The third-order valence-electron chi connectivity index (χ3n) is 8.21. The zero-order valence-corrected chi connectivity index (χ0v) is 15.7. The number of aliphatic hydroxyl groups is 1. The van der Waals surface area contributed by atoms with Crippen molar-refractivity contribution < 1.29 is 19.4 Å². The zero-order chi connectivity index (χ0) is 18.6. The van der Waals surface area contributed by atoms with E-state index in [1.54, 1.807) is 0 Å². The molecule has 1 saturated heterocycles. The molecule has 142 valence electrons. The smallest absolute Gasteiger partial charge is 0.226 e. The summed E-state index contributed by atoms with van der Waals surface area (Å²) in [4.78, 5) is 27.9. The molecular formula is C22H25NO4. The van der Waals surface area contributed by atoms with E-state index in [1.165, 1.54) is 0 Å². The molecule has 2 bridgehead atoms. The van der Waals surface area contributed by atoms with Gasteiger partial charge >= 0.3 is 0 Å². The Morgan fingerprint density at radius 3 is 2.85 bits per heavy atom. The van der Waals surface area contributed by atoms with E-state index in [0.717, 1.165) is 41.7 Å². The van der Waals surface area contributed by atoms with Gasteiger partial charge in [-0.05, 0) is 50.2 Å². The first-order chi connectivity index (χ1) is 13.0. The molecule has 1 aromatic carbocycles. The van der Waals surface area contributed by atoms with Gasteiger partial charge in [0.15, 0.2) is 11.9 Å². The maximum absolute atomic E-state index is 13.1. The lowest BCUT2D eigenvalue weighted by Crippen LogP contribution is -2.77. The molecule has 5 aliphatic rings. The molecule has 2 heterocycles. The number of likely N-dealkylation sites (tertiary alicyclic amines) is 1. The van der Waals surface area contributed by atoms with Gasteiger partial charge < -0.3 is 14.7 Å². The molecule has 1 aromatic rings. The second-order valence-electron chi connectivity index (χ2n) is 9.23. The lowest BCUT2D eigenvalue weighted by Gasteiger charge is -2.62. The fraction of sp³-hybridized carbons (Fsp3) is 0.636. The van der Waals surface area contributed by atoms with Gasteiger partial charge in [-0.1, -0.05) is 18.6 Å². The van der Waals surface area contributed by atoms with Crippen molar-refractivity contribution in [3.8, 4) is 5.75 Å². The van der Waals surface area contributed by atoms with E-state index in [2.05, 4.69) is 6.07 Å². The molecule has 27 heavy (non-hydrogen) atoms. The summed E-state index contributed by atoms with van der Waals surface area (Å²) in [6, 6.07) is 3.91. The van der Waals surface area contributed by atoms with E-state index in [4.69, 9.17) is 4.74 Å². The maximum atomic E-state index is 13.1. The number of Topliss-reactive ketones (excluding diaryl/α,β-unsaturated/α-hetero) is 1. The first-order valence-corrected chi connectivity index (χ1v) is 10.3. The van der Waals surface area contributed by atoms with Gasteiger partial charge in [-0.3, -0.25) is 9.59 Å². The summed E-state index contributed by atoms with van der Waals surface area (Å²) in [5.41, 5.74) is 1.48. The average Bonchev–Trinajstić information content (AvgIpc) is 2.94. The molecule has 5 nitrogen and oxygen atoms in total. The van der Waals surface area contributed by atoms with Gasteiger partial charge in [-0.15, -0.1) is 0 Å². The third kappa shape index (κ3) is 1.67. The summed E-state index contributed by atoms with van der Waals surface area (Å²) in [7, 11) is 0. The van der Waals surface area contributed by atoms with Crippen LogP contribution in [0, 0.1) is 12.8 Å². The van der Waals surface area contributed by atoms with E-state index in [0.29, 0.717) is 32.2 Å². The van der Waals surface area contributed by atoms with Crippen LogP contribution in [0.5, 0.6) is 5.75 Å². The molecule has 2 saturated carbocycles. The molecule has 1 spiro atoms. The predicted molar refractivity (Wildman–Crippen MR) is 97.6 cm³/mol. The Hall–Kier alpha value is -1.88. The molecule has 0 radical (unpaired) electrons. The Bertz CT molecular complexity index is 891. The fourth-order valence-electron chi connectivity index (χ4n) is 6.63. The highest BCUT2D eigenvalue weighted by molar-refractivity contribution is 5.90. The molecule has 4 atom stereocenters. The minimum Gasteiger partial charge on any atom is -0.481 e. The number of benzene rings is 1. The highest BCUT2D eigenvalue weighted by atomic mass is 16.5. The van der Waals surface area contributed by atoms with Gasteiger partial charge in [0.05, 0.1) is 17.1 Å². The van der Waals surface area contributed by atoms with Crippen LogP contribution in [-0.2, 0) is 21.4 Å². The minimum absolute atomic E-state index is 0.0978. The number of carbonyl (C=O) groups excluding carboxylic acids is 2. The second kappa shape index (κ2) is 4.93. The number of hydrogen-bond donors (Lipinski definition) is 1. The zero-order valence-electron chi connectivity index (χ0n) is 15.7. The summed E-state index contributed by atoms with van der Waals surface area (Å²) >= 11 is 0. The highest BCUT2D eigenvalue weighted by Crippen LogP contribution is 2.64. The monoisotopic (exact) mass is 367 g/mol. The number of ketones is 1. The molecule has 0 aromatic heterocycles. The van der Waals surface area contributed by atoms with Crippen molar-refractivity contribution in [1.29, 1.82) is 0 Å². The van der Waals surface area contributed by atoms with Crippen LogP contribution in [0.1, 0.15) is 55.2 Å². The van der Waals surface area contributed by atoms with Crippen molar-refractivity contribution >= 4 is 11.7 Å². The van der Waals surface area contributed by atoms with Gasteiger partial charge in [0.2, 0.25) is 5.91 Å². The summed E-state index contributed by atoms with van der Waals surface area (Å²) in [6.45, 7) is 2.62. The lowest BCUT2D eigenvalue weighted by molar-refractivity contribution is -0.195. The standard InChI is InChI=1S/C22H25NO4/c1-12-5-6-14-11-16-22(26)8-7-15(24)19-21(22,17(14)18(12)27-19)9-10-23(16)20(25)13-3-2-4-13/h5-6,13,16,19,26H,2-4,7-11H2,1H3/t16-,19+,21+,22-/m0/s1. The largest absolute Gasteiger partial charge is 0.481 e. The number of hydrogen-bond acceptors (Lipinski definition) is 4. The normalized spacial score (nSPS) is 38.9. The predicted octanol–water partition coefficient (Wildman–Crippen LogP) is 2.04. The lowest BCUT2D eigenvalue weighted by atomic mass is 9.49. The van der Waals surface area contributed by atoms with E-state index in [1.807, 2.05) is 17.9 Å². The van der Waals surface area contributed by atoms with Crippen LogP contribution in [0.4, 0.5) is 0 Å². The van der Waals surface area contributed by atoms with Gasteiger partial charge in [-0.25, -0.2) is 0 Å². The molecule has 5 heteroatoms. The van der Waals surface area contributed by atoms with Gasteiger partial charge in [0, 0.05) is 24.4 Å². The van der Waals surface area contributed by atoms with E-state index >= 15 is 0 Å². The summed E-state index contributed by atoms with van der Waals surface area (Å²) < 4.78 is 6.25. The summed E-state index contributed by atoms with van der Waals surface area (Å²) in [5.74, 6) is 1.24. The van der Waals surface area contributed by atoms with Crippen LogP contribution in [0.2, 0.25) is 0 Å². The maximum Gasteiger partial charge on any atom is 0.226 e. The van der Waals surface area contributed by atoms with Gasteiger partial charge in [-0.2, -0.15) is 0 Å². The second-order valence-corrected chi connectivity index (χ2v) is 9.23. The minimum atomic E-state index is -1.07. The van der Waals surface area contributed by atoms with Crippen LogP contribution < -0.4 is 4.74 Å². The Balaban J connectivity index is 1.55. The molecule has 1 amide bonds. The number of ether oxygens (including phenoxy) is 1. The van der Waals surface area contributed by atoms with Crippen molar-refractivity contribution in [3.05, 3.63) is 28.8 Å². The number of rotatable bonds is 1. The first kappa shape index (κ1) is 16.1. The van der Waals surface area contributed by atoms with Crippen LogP contribution >= 0.6 is 0 Å². The quantitative estimate of drug-likeness (QED) is 0.825. The highest BCUT2D eigenvalue weighted by Gasteiger charge is 2.73. The van der Waals surface area contributed by atoms with Crippen LogP contribution in [0.25, 0.3) is 0 Å². The molecular weight excluding hydrogens is 342 g/mol. The first-order valence-electron chi connectivity index (χ1n) is 10.3. The van der Waals surface area contributed by atoms with Crippen LogP contribution in [0.3, 0.4) is 0 Å². The summed E-state index contributed by atoms with van der Waals surface area (Å²) in [5, 5.41) is 12.1. The van der Waals surface area contributed by atoms with Crippen molar-refractivity contribution in [2.75, 3.05) is 6.54 Å². The van der Waals surface area contributed by atoms with Crippen molar-refractivity contribution in [2.24, 2.45) is 5.92 Å². The van der Waals surface area contributed by atoms with Gasteiger partial charge in [0.25, 0.3) is 0 Å². The molecule has 1 N–H and O–H groups in total. The Morgan fingerprint density at radius 1 is 1.30 bits per heavy atom. The van der Waals surface area contributed by atoms with E-state index in [-0.39, 0.29) is 23.7 Å². The van der Waals surface area contributed by atoms with E-state index in [9.17, 15) is 14.7 Å². The number of piperidine rings is 1. The average molecular weight is 367 g/mol. The molecule has 0 unspecified atom stereocenters. The molecule has 3 aliphatic carbocycles. The summed E-state index contributed by atoms with van der Waals surface area (Å²) in [6.07, 6.45) is 4.48. The Kier molecular flexibility index (Phi) is 2.94. The van der Waals surface area contributed by atoms with Crippen LogP contribution in [-0.4, -0.2) is 46.0 Å². The molecule has 3 fully saturated rings. The van der Waals surface area contributed by atoms with Crippen molar-refractivity contribution in [1.82, 2.24) is 4.90 Å². The molecule has 6 rings (SSSR count). The fourth-order valence-corrected chi connectivity index (χ4v) is 6.63. The number of aryl methyl sites for hydroxylation is 1. The van der Waals surface area contributed by atoms with Crippen molar-refractivity contribution in [2.45, 2.75) is 75.0 Å². The topological polar surface area (TPSA) is 66.8 Å². The number of nitrogens with zero attached hydrogens (tertiary/aromatic N) is 1. The van der Waals surface area contributed by atoms with Crippen LogP contribution in [0.15, 0.2) is 12.1 Å². The van der Waals surface area contributed by atoms with Crippen molar-refractivity contribution in [3.63, 3.8) is 0 Å². The van der Waals surface area contributed by atoms with Gasteiger partial charge in [0.1, 0.15) is 5.75 Å². The Morgan fingerprint density at radius 2 is 2.11 bits per heavy atom. The molecule has 2 aliphatic heterocycles. The number of amides is 1. The number of carbonyl (C=O) groups is 2. The Labute approximate surface area is 158 Å². The third-order valence-corrected chi connectivity index (χ3v) is 8.21.